The fraction of sp³-hybridized carbons (Fsp3) is 0.0645. The summed E-state index contributed by atoms with van der Waals surface area (Å²) in [5.74, 6) is 0. The van der Waals surface area contributed by atoms with Crippen LogP contribution in [0.2, 0.25) is 0 Å². The zero-order chi connectivity index (χ0) is 22.7. The van der Waals surface area contributed by atoms with E-state index in [1.165, 1.54) is 44.5 Å². The number of fused-ring (bicyclic) bond motifs is 15. The first kappa shape index (κ1) is 17.8. The van der Waals surface area contributed by atoms with Gasteiger partial charge in [0.25, 0.3) is 0 Å². The molecule has 0 radical (unpaired) electrons. The lowest BCUT2D eigenvalue weighted by atomic mass is 9.94. The van der Waals surface area contributed by atoms with Gasteiger partial charge in [-0.25, -0.2) is 4.98 Å². The highest BCUT2D eigenvalue weighted by molar-refractivity contribution is 6.11. The van der Waals surface area contributed by atoms with Crippen molar-refractivity contribution in [1.82, 2.24) is 19.4 Å². The SMILES string of the molecule is c1ccc2c(c1)Cc1ccc3c(c1-2)-c1cc2nc4c5ncccc5c5ncccc5n4c2cc1C3. The lowest BCUT2D eigenvalue weighted by Gasteiger charge is -2.10. The Morgan fingerprint density at radius 2 is 1.37 bits per heavy atom. The van der Waals surface area contributed by atoms with Gasteiger partial charge in [0.05, 0.1) is 22.1 Å². The normalized spacial score (nSPS) is 13.5. The quantitative estimate of drug-likeness (QED) is 0.243. The fourth-order valence-electron chi connectivity index (χ4n) is 6.44. The summed E-state index contributed by atoms with van der Waals surface area (Å²) in [6.45, 7) is 0. The summed E-state index contributed by atoms with van der Waals surface area (Å²) in [4.78, 5) is 14.6. The Hall–Kier alpha value is -4.57. The second kappa shape index (κ2) is 6.10. The van der Waals surface area contributed by atoms with E-state index in [2.05, 4.69) is 65.1 Å². The van der Waals surface area contributed by atoms with Gasteiger partial charge in [0.2, 0.25) is 0 Å². The molecule has 4 heteroatoms. The third kappa shape index (κ3) is 2.15. The molecule has 4 heterocycles. The summed E-state index contributed by atoms with van der Waals surface area (Å²) in [7, 11) is 0. The van der Waals surface area contributed by atoms with Crippen molar-refractivity contribution in [2.45, 2.75) is 12.8 Å². The molecule has 9 rings (SSSR count). The molecule has 0 unspecified atom stereocenters. The van der Waals surface area contributed by atoms with Gasteiger partial charge in [-0.1, -0.05) is 36.4 Å². The van der Waals surface area contributed by atoms with E-state index in [0.29, 0.717) is 0 Å². The van der Waals surface area contributed by atoms with Crippen LogP contribution in [-0.2, 0) is 12.8 Å². The zero-order valence-corrected chi connectivity index (χ0v) is 18.8. The predicted molar refractivity (Wildman–Crippen MR) is 140 cm³/mol. The number of aromatic nitrogens is 4. The van der Waals surface area contributed by atoms with Crippen LogP contribution in [0.3, 0.4) is 0 Å². The number of benzene rings is 3. The van der Waals surface area contributed by atoms with Crippen LogP contribution in [0, 0.1) is 0 Å². The molecule has 0 atom stereocenters. The van der Waals surface area contributed by atoms with Crippen LogP contribution in [0.1, 0.15) is 22.3 Å². The number of rotatable bonds is 0. The number of hydrogen-bond donors (Lipinski definition) is 0. The van der Waals surface area contributed by atoms with E-state index in [1.807, 2.05) is 24.5 Å². The van der Waals surface area contributed by atoms with E-state index in [1.54, 1.807) is 0 Å². The summed E-state index contributed by atoms with van der Waals surface area (Å²) < 4.78 is 2.25. The van der Waals surface area contributed by atoms with Crippen LogP contribution in [0.15, 0.2) is 85.2 Å². The number of imidazole rings is 1. The molecule has 0 saturated carbocycles. The van der Waals surface area contributed by atoms with E-state index >= 15 is 0 Å². The molecule has 162 valence electrons. The largest absolute Gasteiger partial charge is 0.289 e. The fourth-order valence-corrected chi connectivity index (χ4v) is 6.44. The van der Waals surface area contributed by atoms with Gasteiger partial charge in [-0.2, -0.15) is 0 Å². The number of hydrogen-bond acceptors (Lipinski definition) is 3. The van der Waals surface area contributed by atoms with Gasteiger partial charge in [0.15, 0.2) is 5.65 Å². The minimum absolute atomic E-state index is 0.892. The van der Waals surface area contributed by atoms with Gasteiger partial charge in [-0.15, -0.1) is 0 Å². The van der Waals surface area contributed by atoms with Gasteiger partial charge in [0, 0.05) is 17.8 Å². The third-order valence-corrected chi connectivity index (χ3v) is 7.88. The first-order valence-electron chi connectivity index (χ1n) is 12.0. The van der Waals surface area contributed by atoms with E-state index < -0.39 is 0 Å². The van der Waals surface area contributed by atoms with Crippen molar-refractivity contribution in [2.24, 2.45) is 0 Å². The molecule has 0 saturated heterocycles. The molecule has 0 amide bonds. The summed E-state index contributed by atoms with van der Waals surface area (Å²) in [6, 6.07) is 26.4. The maximum atomic E-state index is 5.15. The molecule has 0 aliphatic heterocycles. The molecule has 0 fully saturated rings. The first-order chi connectivity index (χ1) is 17.3. The van der Waals surface area contributed by atoms with Crippen LogP contribution < -0.4 is 0 Å². The molecule has 0 spiro atoms. The van der Waals surface area contributed by atoms with Crippen LogP contribution in [0.5, 0.6) is 0 Å². The van der Waals surface area contributed by atoms with Crippen molar-refractivity contribution in [3.8, 4) is 22.3 Å². The summed E-state index contributed by atoms with van der Waals surface area (Å²) in [5, 5.41) is 1.04. The van der Waals surface area contributed by atoms with E-state index in [4.69, 9.17) is 15.0 Å². The second-order valence-electron chi connectivity index (χ2n) is 9.68. The Morgan fingerprint density at radius 3 is 2.29 bits per heavy atom. The predicted octanol–water partition coefficient (Wildman–Crippen LogP) is 6.73. The highest BCUT2D eigenvalue weighted by Gasteiger charge is 2.29. The molecule has 7 aromatic rings. The summed E-state index contributed by atoms with van der Waals surface area (Å²) in [6.07, 6.45) is 5.66. The first-order valence-corrected chi connectivity index (χ1v) is 12.0. The van der Waals surface area contributed by atoms with E-state index in [0.717, 1.165) is 51.5 Å². The minimum Gasteiger partial charge on any atom is -0.289 e. The number of nitrogens with zero attached hydrogens (tertiary/aromatic N) is 4. The maximum absolute atomic E-state index is 5.15. The monoisotopic (exact) mass is 446 g/mol. The third-order valence-electron chi connectivity index (χ3n) is 7.88. The average Bonchev–Trinajstić information content (AvgIpc) is 3.58. The minimum atomic E-state index is 0.892. The lowest BCUT2D eigenvalue weighted by Crippen LogP contribution is -1.94. The molecule has 0 bridgehead atoms. The average molecular weight is 447 g/mol. The zero-order valence-electron chi connectivity index (χ0n) is 18.8. The Balaban J connectivity index is 1.41. The van der Waals surface area contributed by atoms with Gasteiger partial charge >= 0.3 is 0 Å². The van der Waals surface area contributed by atoms with Crippen molar-refractivity contribution in [3.05, 3.63) is 107 Å². The van der Waals surface area contributed by atoms with Crippen LogP contribution in [0.25, 0.3) is 60.9 Å². The highest BCUT2D eigenvalue weighted by Crippen LogP contribution is 2.49. The van der Waals surface area contributed by atoms with Crippen LogP contribution in [0.4, 0.5) is 0 Å². The molecule has 4 nitrogen and oxygen atoms in total. The van der Waals surface area contributed by atoms with Gasteiger partial charge < -0.3 is 0 Å². The maximum Gasteiger partial charge on any atom is 0.165 e. The smallest absolute Gasteiger partial charge is 0.165 e. The van der Waals surface area contributed by atoms with Crippen molar-refractivity contribution in [3.63, 3.8) is 0 Å². The lowest BCUT2D eigenvalue weighted by molar-refractivity contribution is 1.23. The topological polar surface area (TPSA) is 43.1 Å². The Kier molecular flexibility index (Phi) is 3.11. The Bertz CT molecular complexity index is 2070. The van der Waals surface area contributed by atoms with Gasteiger partial charge in [-0.05, 0) is 93.7 Å². The van der Waals surface area contributed by atoms with E-state index in [-0.39, 0.29) is 0 Å². The van der Waals surface area contributed by atoms with Crippen molar-refractivity contribution < 1.29 is 0 Å². The molecule has 0 N–H and O–H groups in total. The Labute approximate surface area is 200 Å². The second-order valence-corrected chi connectivity index (χ2v) is 9.68. The van der Waals surface area contributed by atoms with Crippen molar-refractivity contribution in [1.29, 1.82) is 0 Å². The number of pyridine rings is 3. The summed E-state index contributed by atoms with van der Waals surface area (Å²) in [5.41, 5.74) is 17.1. The van der Waals surface area contributed by atoms with Gasteiger partial charge in [0.1, 0.15) is 5.52 Å². The van der Waals surface area contributed by atoms with Gasteiger partial charge in [-0.3, -0.25) is 14.4 Å². The highest BCUT2D eigenvalue weighted by atomic mass is 15.0. The molecule has 3 aromatic carbocycles. The molecule has 4 aromatic heterocycles. The molecule has 2 aliphatic carbocycles. The molecule has 35 heavy (non-hydrogen) atoms. The molecule has 2 aliphatic rings. The van der Waals surface area contributed by atoms with Crippen molar-refractivity contribution in [2.75, 3.05) is 0 Å². The summed E-state index contributed by atoms with van der Waals surface area (Å²) >= 11 is 0. The van der Waals surface area contributed by atoms with Crippen LogP contribution in [-0.4, -0.2) is 19.4 Å². The van der Waals surface area contributed by atoms with E-state index in [9.17, 15) is 0 Å². The Morgan fingerprint density at radius 1 is 0.600 bits per heavy atom. The molecular formula is C31H18N4. The standard InChI is InChI=1S/C31H18N4/c1-2-6-21-17(5-1)13-18-9-10-19-14-20-15-26-24(16-23(20)28(19)27(18)21)34-31-30-22(7-3-11-33-30)29-25(35(26)31)8-4-12-32-29/h1-12,15-16H,13-14H2. The van der Waals surface area contributed by atoms with Crippen molar-refractivity contribution >= 4 is 38.6 Å². The van der Waals surface area contributed by atoms with Crippen LogP contribution >= 0.6 is 0 Å². The molecular weight excluding hydrogens is 428 g/mol.